The van der Waals surface area contributed by atoms with Gasteiger partial charge in [0.25, 0.3) is 0 Å². The second kappa shape index (κ2) is 7.84. The van der Waals surface area contributed by atoms with E-state index in [1.54, 1.807) is 0 Å². The van der Waals surface area contributed by atoms with Crippen LogP contribution in [-0.4, -0.2) is 0 Å². The summed E-state index contributed by atoms with van der Waals surface area (Å²) in [7, 11) is 0. The van der Waals surface area contributed by atoms with Crippen LogP contribution in [0.1, 0.15) is 52.7 Å². The van der Waals surface area contributed by atoms with Gasteiger partial charge in [-0.05, 0) is 64.8 Å². The van der Waals surface area contributed by atoms with Crippen LogP contribution in [0.2, 0.25) is 0 Å². The maximum Gasteiger partial charge on any atom is 0.110 e. The Kier molecular flexibility index (Phi) is 6.02. The van der Waals surface area contributed by atoms with E-state index in [1.165, 1.54) is 11.1 Å². The third kappa shape index (κ3) is 4.93. The fourth-order valence-corrected chi connectivity index (χ4v) is 3.42. The molecular weight excluding hydrogens is 304 g/mol. The van der Waals surface area contributed by atoms with Crippen LogP contribution >= 0.6 is 0 Å². The van der Waals surface area contributed by atoms with Gasteiger partial charge in [-0.15, -0.1) is 0 Å². The molecule has 2 aromatic rings. The molecule has 0 aliphatic heterocycles. The first-order valence-corrected chi connectivity index (χ1v) is 8.88. The van der Waals surface area contributed by atoms with Gasteiger partial charge in [0, 0.05) is 0 Å². The first-order chi connectivity index (χ1) is 11.8. The molecule has 0 saturated heterocycles. The topological polar surface area (TPSA) is 9.23 Å². The lowest BCUT2D eigenvalue weighted by molar-refractivity contribution is -0.0986. The molecule has 25 heavy (non-hydrogen) atoms. The van der Waals surface area contributed by atoms with Crippen molar-refractivity contribution in [3.8, 4) is 0 Å². The Morgan fingerprint density at radius 3 is 1.24 bits per heavy atom. The Morgan fingerprint density at radius 1 is 0.640 bits per heavy atom. The molecule has 0 spiro atoms. The van der Waals surface area contributed by atoms with Gasteiger partial charge < -0.3 is 4.74 Å². The minimum Gasteiger partial charge on any atom is -0.351 e. The molecule has 0 aliphatic rings. The SMILES string of the molecule is CC(C)=CC(C)(OC(C)(C=C(C)C)c1ccccc1)c1ccccc1. The normalized spacial score (nSPS) is 15.6. The number of allylic oxidation sites excluding steroid dienone is 2. The third-order valence-electron chi connectivity index (χ3n) is 4.25. The van der Waals surface area contributed by atoms with Crippen molar-refractivity contribution in [2.45, 2.75) is 52.7 Å². The zero-order valence-electron chi connectivity index (χ0n) is 16.3. The van der Waals surface area contributed by atoms with Gasteiger partial charge in [-0.2, -0.15) is 0 Å². The highest BCUT2D eigenvalue weighted by Crippen LogP contribution is 2.39. The Morgan fingerprint density at radius 2 is 0.960 bits per heavy atom. The van der Waals surface area contributed by atoms with Crippen LogP contribution in [0.25, 0.3) is 0 Å². The minimum absolute atomic E-state index is 0.517. The highest BCUT2D eigenvalue weighted by molar-refractivity contribution is 5.32. The van der Waals surface area contributed by atoms with Gasteiger partial charge >= 0.3 is 0 Å². The molecule has 0 bridgehead atoms. The molecule has 1 heteroatoms. The number of hydrogen-bond acceptors (Lipinski definition) is 1. The zero-order chi connectivity index (χ0) is 18.5. The lowest BCUT2D eigenvalue weighted by atomic mass is 9.88. The standard InChI is InChI=1S/C24H30O/c1-19(2)17-23(5,21-13-9-7-10-14-21)25-24(6,18-20(3)4)22-15-11-8-12-16-22/h7-18H,1-6H3. The molecular formula is C24H30O. The molecule has 0 radical (unpaired) electrons. The molecule has 0 aliphatic carbocycles. The third-order valence-corrected chi connectivity index (χ3v) is 4.25. The fourth-order valence-electron chi connectivity index (χ4n) is 3.42. The van der Waals surface area contributed by atoms with Crippen molar-refractivity contribution < 1.29 is 4.74 Å². The fraction of sp³-hybridized carbons (Fsp3) is 0.333. The van der Waals surface area contributed by atoms with Crippen LogP contribution < -0.4 is 0 Å². The van der Waals surface area contributed by atoms with Gasteiger partial charge in [0.05, 0.1) is 0 Å². The Bertz CT molecular complexity index is 669. The molecule has 0 N–H and O–H groups in total. The van der Waals surface area contributed by atoms with Crippen LogP contribution in [-0.2, 0) is 15.9 Å². The zero-order valence-corrected chi connectivity index (χ0v) is 16.3. The summed E-state index contributed by atoms with van der Waals surface area (Å²) in [6.45, 7) is 12.8. The largest absolute Gasteiger partial charge is 0.351 e. The lowest BCUT2D eigenvalue weighted by Gasteiger charge is -2.39. The summed E-state index contributed by atoms with van der Waals surface area (Å²) in [6.07, 6.45) is 4.42. The average Bonchev–Trinajstić information content (AvgIpc) is 2.55. The summed E-state index contributed by atoms with van der Waals surface area (Å²) in [4.78, 5) is 0. The van der Waals surface area contributed by atoms with E-state index in [2.05, 4.69) is 102 Å². The molecule has 0 amide bonds. The monoisotopic (exact) mass is 334 g/mol. The van der Waals surface area contributed by atoms with Crippen molar-refractivity contribution in [3.63, 3.8) is 0 Å². The highest BCUT2D eigenvalue weighted by atomic mass is 16.5. The Labute approximate surface area is 153 Å². The highest BCUT2D eigenvalue weighted by Gasteiger charge is 2.35. The first-order valence-electron chi connectivity index (χ1n) is 8.88. The summed E-state index contributed by atoms with van der Waals surface area (Å²) in [6, 6.07) is 20.9. The van der Waals surface area contributed by atoms with E-state index in [0.29, 0.717) is 0 Å². The van der Waals surface area contributed by atoms with Crippen LogP contribution in [0.5, 0.6) is 0 Å². The van der Waals surface area contributed by atoms with Crippen molar-refractivity contribution in [1.82, 2.24) is 0 Å². The van der Waals surface area contributed by atoms with Crippen molar-refractivity contribution in [2.24, 2.45) is 0 Å². The van der Waals surface area contributed by atoms with Gasteiger partial charge in [0.2, 0.25) is 0 Å². The molecule has 2 aromatic carbocycles. The quantitative estimate of drug-likeness (QED) is 0.530. The van der Waals surface area contributed by atoms with Gasteiger partial charge in [0.1, 0.15) is 11.2 Å². The molecule has 132 valence electrons. The van der Waals surface area contributed by atoms with E-state index in [9.17, 15) is 0 Å². The maximum absolute atomic E-state index is 6.87. The molecule has 2 atom stereocenters. The van der Waals surface area contributed by atoms with Crippen molar-refractivity contribution in [2.75, 3.05) is 0 Å². The predicted octanol–water partition coefficient (Wildman–Crippen LogP) is 6.77. The van der Waals surface area contributed by atoms with E-state index in [4.69, 9.17) is 4.74 Å². The summed E-state index contributed by atoms with van der Waals surface area (Å²) in [5, 5.41) is 0. The molecule has 0 saturated carbocycles. The lowest BCUT2D eigenvalue weighted by Crippen LogP contribution is -2.35. The molecule has 1 nitrogen and oxygen atoms in total. The van der Waals surface area contributed by atoms with Crippen LogP contribution in [0, 0.1) is 0 Å². The molecule has 0 aromatic heterocycles. The van der Waals surface area contributed by atoms with Crippen LogP contribution in [0.3, 0.4) is 0 Å². The van der Waals surface area contributed by atoms with E-state index in [1.807, 2.05) is 12.1 Å². The maximum atomic E-state index is 6.87. The van der Waals surface area contributed by atoms with Crippen LogP contribution in [0.4, 0.5) is 0 Å². The van der Waals surface area contributed by atoms with E-state index in [0.717, 1.165) is 11.1 Å². The smallest absolute Gasteiger partial charge is 0.110 e. The average molecular weight is 335 g/mol. The number of rotatable bonds is 6. The molecule has 0 heterocycles. The summed E-state index contributed by atoms with van der Waals surface area (Å²) >= 11 is 0. The second-order valence-electron chi connectivity index (χ2n) is 7.49. The van der Waals surface area contributed by atoms with Crippen LogP contribution in [0.15, 0.2) is 84.0 Å². The van der Waals surface area contributed by atoms with Crippen molar-refractivity contribution in [1.29, 1.82) is 0 Å². The predicted molar refractivity (Wildman–Crippen MR) is 108 cm³/mol. The number of hydrogen-bond donors (Lipinski definition) is 0. The Hall–Kier alpha value is -2.12. The Balaban J connectivity index is 2.57. The molecule has 2 rings (SSSR count). The number of ether oxygens (including phenoxy) is 1. The van der Waals surface area contributed by atoms with E-state index < -0.39 is 11.2 Å². The molecule has 2 unspecified atom stereocenters. The van der Waals surface area contributed by atoms with Gasteiger partial charge in [0.15, 0.2) is 0 Å². The van der Waals surface area contributed by atoms with Gasteiger partial charge in [-0.3, -0.25) is 0 Å². The first kappa shape index (κ1) is 19.2. The summed E-state index contributed by atoms with van der Waals surface area (Å²) < 4.78 is 6.87. The van der Waals surface area contributed by atoms with E-state index in [-0.39, 0.29) is 0 Å². The minimum atomic E-state index is -0.517. The van der Waals surface area contributed by atoms with Gasteiger partial charge in [-0.1, -0.05) is 71.8 Å². The van der Waals surface area contributed by atoms with E-state index >= 15 is 0 Å². The second-order valence-corrected chi connectivity index (χ2v) is 7.49. The van der Waals surface area contributed by atoms with Crippen molar-refractivity contribution >= 4 is 0 Å². The van der Waals surface area contributed by atoms with Crippen molar-refractivity contribution in [3.05, 3.63) is 95.1 Å². The number of benzene rings is 2. The molecule has 0 fully saturated rings. The van der Waals surface area contributed by atoms with Gasteiger partial charge in [-0.25, -0.2) is 0 Å². The summed E-state index contributed by atoms with van der Waals surface area (Å²) in [5.74, 6) is 0. The summed E-state index contributed by atoms with van der Waals surface area (Å²) in [5.41, 5.74) is 3.74.